The van der Waals surface area contributed by atoms with E-state index in [9.17, 15) is 10.1 Å². The number of aromatic nitrogens is 2. The van der Waals surface area contributed by atoms with Gasteiger partial charge in [0.1, 0.15) is 6.20 Å². The first-order valence-electron chi connectivity index (χ1n) is 7.54. The molecule has 9 heteroatoms. The lowest BCUT2D eigenvalue weighted by atomic mass is 10.2. The van der Waals surface area contributed by atoms with Crippen molar-refractivity contribution in [1.29, 1.82) is 0 Å². The average Bonchev–Trinajstić information content (AvgIpc) is 2.70. The van der Waals surface area contributed by atoms with Crippen molar-refractivity contribution >= 4 is 23.0 Å². The number of hydrogen-bond donors (Lipinski definition) is 1. The first kappa shape index (κ1) is 16.8. The van der Waals surface area contributed by atoms with E-state index >= 15 is 0 Å². The summed E-state index contributed by atoms with van der Waals surface area (Å²) in [4.78, 5) is 18.0. The Morgan fingerprint density at radius 1 is 1.04 bits per heavy atom. The van der Waals surface area contributed by atoms with Crippen LogP contribution < -0.4 is 5.43 Å². The highest BCUT2D eigenvalue weighted by Crippen LogP contribution is 2.15. The fourth-order valence-corrected chi connectivity index (χ4v) is 1.92. The predicted molar refractivity (Wildman–Crippen MR) is 96.2 cm³/mol. The van der Waals surface area contributed by atoms with Gasteiger partial charge in [-0.2, -0.15) is 5.10 Å². The highest BCUT2D eigenvalue weighted by atomic mass is 16.6. The fourth-order valence-electron chi connectivity index (χ4n) is 1.92. The highest BCUT2D eigenvalue weighted by Gasteiger charge is 2.06. The first-order chi connectivity index (χ1) is 12.7. The quantitative estimate of drug-likeness (QED) is 0.246. The van der Waals surface area contributed by atoms with Gasteiger partial charge in [0.2, 0.25) is 5.84 Å². The second-order valence-electron chi connectivity index (χ2n) is 4.98. The van der Waals surface area contributed by atoms with Crippen LogP contribution in [-0.2, 0) is 0 Å². The number of rotatable bonds is 5. The molecule has 0 fully saturated rings. The molecule has 0 spiro atoms. The van der Waals surface area contributed by atoms with Crippen molar-refractivity contribution in [3.63, 3.8) is 0 Å². The Bertz CT molecular complexity index is 926. The van der Waals surface area contributed by atoms with Gasteiger partial charge in [-0.15, -0.1) is 10.2 Å². The topological polar surface area (TPSA) is 118 Å². The maximum atomic E-state index is 10.7. The van der Waals surface area contributed by atoms with Gasteiger partial charge >= 0.3 is 0 Å². The summed E-state index contributed by atoms with van der Waals surface area (Å²) in [5.74, 6) is 0.550. The van der Waals surface area contributed by atoms with Crippen LogP contribution in [0.2, 0.25) is 0 Å². The summed E-state index contributed by atoms with van der Waals surface area (Å²) in [7, 11) is 0. The normalized spacial score (nSPS) is 11.5. The maximum absolute atomic E-state index is 10.7. The molecule has 0 aliphatic carbocycles. The summed E-state index contributed by atoms with van der Waals surface area (Å²) >= 11 is 0. The lowest BCUT2D eigenvalue weighted by Crippen LogP contribution is -2.01. The van der Waals surface area contributed by atoms with Gasteiger partial charge in [0.05, 0.1) is 10.6 Å². The molecular formula is C17H13N7O2. The molecule has 2 heterocycles. The van der Waals surface area contributed by atoms with Crippen LogP contribution in [0.15, 0.2) is 88.5 Å². The molecule has 3 rings (SSSR count). The molecule has 0 aliphatic heterocycles. The Kier molecular flexibility index (Phi) is 5.31. The van der Waals surface area contributed by atoms with Gasteiger partial charge in [0, 0.05) is 24.0 Å². The van der Waals surface area contributed by atoms with E-state index in [1.165, 1.54) is 12.1 Å². The zero-order valence-corrected chi connectivity index (χ0v) is 13.4. The number of hydrazone groups is 1. The van der Waals surface area contributed by atoms with E-state index in [-0.39, 0.29) is 11.5 Å². The number of amidine groups is 1. The number of nitrogens with one attached hydrogen (secondary N) is 1. The number of pyridine rings is 2. The molecule has 128 valence electrons. The van der Waals surface area contributed by atoms with Crippen molar-refractivity contribution in [2.75, 3.05) is 5.43 Å². The van der Waals surface area contributed by atoms with E-state index in [1.807, 2.05) is 30.3 Å². The Balaban J connectivity index is 1.84. The number of anilines is 1. The molecule has 1 aromatic carbocycles. The number of para-hydroxylation sites is 1. The van der Waals surface area contributed by atoms with E-state index in [1.54, 1.807) is 24.5 Å². The molecule has 26 heavy (non-hydrogen) atoms. The van der Waals surface area contributed by atoms with Crippen LogP contribution in [-0.4, -0.2) is 20.7 Å². The van der Waals surface area contributed by atoms with Gasteiger partial charge in [0.15, 0.2) is 5.82 Å². The zero-order chi connectivity index (χ0) is 18.2. The van der Waals surface area contributed by atoms with E-state index < -0.39 is 4.92 Å². The monoisotopic (exact) mass is 347 g/mol. The zero-order valence-electron chi connectivity index (χ0n) is 13.4. The van der Waals surface area contributed by atoms with Crippen molar-refractivity contribution < 1.29 is 4.92 Å². The lowest BCUT2D eigenvalue weighted by Gasteiger charge is -2.02. The van der Waals surface area contributed by atoms with Gasteiger partial charge in [-0.3, -0.25) is 20.5 Å². The van der Waals surface area contributed by atoms with Crippen LogP contribution in [0.5, 0.6) is 0 Å². The SMILES string of the molecule is O=[N+]([O-])c1ccc(N=NC(=NNc2ccccc2)c2ccncc2)nc1. The van der Waals surface area contributed by atoms with Crippen LogP contribution in [0, 0.1) is 10.1 Å². The summed E-state index contributed by atoms with van der Waals surface area (Å²) in [5, 5.41) is 23.0. The Labute approximate surface area is 148 Å². The predicted octanol–water partition coefficient (Wildman–Crippen LogP) is 3.94. The molecule has 0 unspecified atom stereocenters. The molecule has 0 atom stereocenters. The molecule has 0 aliphatic rings. The molecule has 0 bridgehead atoms. The van der Waals surface area contributed by atoms with Crippen LogP contribution in [0.4, 0.5) is 17.2 Å². The third kappa shape index (κ3) is 4.51. The highest BCUT2D eigenvalue weighted by molar-refractivity contribution is 5.99. The van der Waals surface area contributed by atoms with Gasteiger partial charge in [-0.1, -0.05) is 18.2 Å². The Morgan fingerprint density at radius 3 is 2.46 bits per heavy atom. The van der Waals surface area contributed by atoms with Crippen molar-refractivity contribution in [3.05, 3.63) is 88.9 Å². The molecule has 0 amide bonds. The number of benzene rings is 1. The molecule has 0 saturated carbocycles. The third-order valence-electron chi connectivity index (χ3n) is 3.19. The molecule has 0 radical (unpaired) electrons. The van der Waals surface area contributed by atoms with Gasteiger partial charge < -0.3 is 0 Å². The summed E-state index contributed by atoms with van der Waals surface area (Å²) in [6, 6.07) is 15.6. The lowest BCUT2D eigenvalue weighted by molar-refractivity contribution is -0.385. The van der Waals surface area contributed by atoms with Crippen LogP contribution in [0.25, 0.3) is 0 Å². The van der Waals surface area contributed by atoms with Crippen molar-refractivity contribution in [2.24, 2.45) is 15.3 Å². The van der Waals surface area contributed by atoms with Crippen molar-refractivity contribution in [1.82, 2.24) is 9.97 Å². The average molecular weight is 347 g/mol. The van der Waals surface area contributed by atoms with Crippen molar-refractivity contribution in [3.8, 4) is 0 Å². The summed E-state index contributed by atoms with van der Waals surface area (Å²) in [6.45, 7) is 0. The second kappa shape index (κ2) is 8.20. The van der Waals surface area contributed by atoms with Crippen molar-refractivity contribution in [2.45, 2.75) is 0 Å². The van der Waals surface area contributed by atoms with Gasteiger partial charge in [0.25, 0.3) is 5.69 Å². The minimum atomic E-state index is -0.526. The Morgan fingerprint density at radius 2 is 1.81 bits per heavy atom. The van der Waals surface area contributed by atoms with Gasteiger partial charge in [-0.25, -0.2) is 4.98 Å². The fraction of sp³-hybridized carbons (Fsp3) is 0. The number of azo groups is 1. The van der Waals surface area contributed by atoms with Crippen LogP contribution in [0.3, 0.4) is 0 Å². The summed E-state index contributed by atoms with van der Waals surface area (Å²) in [6.07, 6.45) is 4.36. The van der Waals surface area contributed by atoms with Gasteiger partial charge in [-0.05, 0) is 30.3 Å². The molecule has 3 aromatic rings. The summed E-state index contributed by atoms with van der Waals surface area (Å²) in [5.41, 5.74) is 4.29. The first-order valence-corrected chi connectivity index (χ1v) is 7.54. The van der Waals surface area contributed by atoms with E-state index in [4.69, 9.17) is 0 Å². The number of nitro groups is 1. The minimum Gasteiger partial charge on any atom is -0.276 e. The van der Waals surface area contributed by atoms with E-state index in [0.717, 1.165) is 11.9 Å². The minimum absolute atomic E-state index is 0.113. The summed E-state index contributed by atoms with van der Waals surface area (Å²) < 4.78 is 0. The molecule has 2 aromatic heterocycles. The number of nitrogens with zero attached hydrogens (tertiary/aromatic N) is 6. The van der Waals surface area contributed by atoms with Crippen LogP contribution >= 0.6 is 0 Å². The van der Waals surface area contributed by atoms with Crippen LogP contribution in [0.1, 0.15) is 5.56 Å². The standard InChI is InChI=1S/C17H13N7O2/c25-24(26)15-6-7-16(19-12-15)21-23-17(13-8-10-18-11-9-13)22-20-14-4-2-1-3-5-14/h1-12,20H. The molecule has 0 saturated heterocycles. The maximum Gasteiger partial charge on any atom is 0.287 e. The van der Waals surface area contributed by atoms with E-state index in [0.29, 0.717) is 11.4 Å². The second-order valence-corrected chi connectivity index (χ2v) is 4.98. The molecular weight excluding hydrogens is 334 g/mol. The smallest absolute Gasteiger partial charge is 0.276 e. The largest absolute Gasteiger partial charge is 0.287 e. The molecule has 9 nitrogen and oxygen atoms in total. The number of hydrogen-bond acceptors (Lipinski definition) is 7. The Hall–Kier alpha value is -4.01. The molecule has 1 N–H and O–H groups in total. The third-order valence-corrected chi connectivity index (χ3v) is 3.19. The van der Waals surface area contributed by atoms with E-state index in [2.05, 4.69) is 30.7 Å².